The quantitative estimate of drug-likeness (QED) is 0.921. The highest BCUT2D eigenvalue weighted by atomic mass is 35.5. The van der Waals surface area contributed by atoms with E-state index in [1.54, 1.807) is 21.1 Å². The van der Waals surface area contributed by atoms with Gasteiger partial charge in [0.15, 0.2) is 0 Å². The van der Waals surface area contributed by atoms with Crippen LogP contribution in [0.5, 0.6) is 0 Å². The lowest BCUT2D eigenvalue weighted by Gasteiger charge is -2.20. The summed E-state index contributed by atoms with van der Waals surface area (Å²) in [5.41, 5.74) is 1.77. The molecule has 0 amide bonds. The molecule has 5 heteroatoms. The summed E-state index contributed by atoms with van der Waals surface area (Å²) in [7, 11) is 3.39. The summed E-state index contributed by atoms with van der Waals surface area (Å²) in [6, 6.07) is 5.65. The minimum Gasteiger partial charge on any atom is -0.389 e. The Balaban J connectivity index is 2.19. The zero-order valence-electron chi connectivity index (χ0n) is 11.5. The smallest absolute Gasteiger partial charge is 0.102 e. The van der Waals surface area contributed by atoms with Crippen LogP contribution < -0.4 is 4.90 Å². The fraction of sp³-hybridized carbons (Fsp3) is 0.571. The molecule has 0 bridgehead atoms. The number of aliphatic hydroxyl groups is 1. The molecule has 19 heavy (non-hydrogen) atoms. The monoisotopic (exact) mass is 285 g/mol. The van der Waals surface area contributed by atoms with Gasteiger partial charge in [-0.1, -0.05) is 17.7 Å². The zero-order chi connectivity index (χ0) is 14.0. The van der Waals surface area contributed by atoms with E-state index in [4.69, 9.17) is 21.1 Å². The number of benzene rings is 1. The molecule has 1 aliphatic rings. The van der Waals surface area contributed by atoms with Crippen LogP contribution in [0.1, 0.15) is 18.6 Å². The van der Waals surface area contributed by atoms with Crippen LogP contribution in [0.4, 0.5) is 5.69 Å². The molecular formula is C14H20ClNO3. The largest absolute Gasteiger partial charge is 0.389 e. The second kappa shape index (κ2) is 6.09. The van der Waals surface area contributed by atoms with E-state index < -0.39 is 6.10 Å². The van der Waals surface area contributed by atoms with Gasteiger partial charge < -0.3 is 19.5 Å². The average Bonchev–Trinajstić information content (AvgIpc) is 2.81. The normalized spacial score (nSPS) is 24.8. The van der Waals surface area contributed by atoms with E-state index in [9.17, 15) is 5.11 Å². The molecule has 2 unspecified atom stereocenters. The Labute approximate surface area is 118 Å². The third-order valence-electron chi connectivity index (χ3n) is 3.62. The molecule has 1 N–H and O–H groups in total. The number of hydrogen-bond acceptors (Lipinski definition) is 4. The molecule has 106 valence electrons. The van der Waals surface area contributed by atoms with Gasteiger partial charge in [0.05, 0.1) is 16.8 Å². The summed E-state index contributed by atoms with van der Waals surface area (Å²) in [4.78, 5) is 2.15. The van der Waals surface area contributed by atoms with Crippen molar-refractivity contribution in [2.24, 2.45) is 0 Å². The SMILES string of the molecule is COC1CN(c2ccc([C@H](C)O)cc2Cl)CC1OC. The second-order valence-corrected chi connectivity index (χ2v) is 5.25. The third kappa shape index (κ3) is 3.03. The molecule has 3 atom stereocenters. The van der Waals surface area contributed by atoms with Gasteiger partial charge in [0.1, 0.15) is 12.2 Å². The molecule has 0 saturated carbocycles. The molecule has 1 fully saturated rings. The Hall–Kier alpha value is -0.810. The molecule has 0 aliphatic carbocycles. The minimum absolute atomic E-state index is 0.0532. The van der Waals surface area contributed by atoms with E-state index in [0.717, 1.165) is 24.3 Å². The van der Waals surface area contributed by atoms with Crippen molar-refractivity contribution in [1.82, 2.24) is 0 Å². The van der Waals surface area contributed by atoms with E-state index in [1.807, 2.05) is 18.2 Å². The van der Waals surface area contributed by atoms with E-state index in [2.05, 4.69) is 4.90 Å². The predicted octanol–water partition coefficient (Wildman–Crippen LogP) is 2.24. The molecule has 2 rings (SSSR count). The van der Waals surface area contributed by atoms with Gasteiger partial charge in [-0.15, -0.1) is 0 Å². The van der Waals surface area contributed by atoms with Crippen molar-refractivity contribution >= 4 is 17.3 Å². The predicted molar refractivity (Wildman–Crippen MR) is 75.9 cm³/mol. The van der Waals surface area contributed by atoms with Crippen LogP contribution in [-0.4, -0.2) is 44.6 Å². The number of nitrogens with zero attached hydrogens (tertiary/aromatic N) is 1. The van der Waals surface area contributed by atoms with Gasteiger partial charge in [0.25, 0.3) is 0 Å². The van der Waals surface area contributed by atoms with Gasteiger partial charge >= 0.3 is 0 Å². The number of ether oxygens (including phenoxy) is 2. The van der Waals surface area contributed by atoms with Gasteiger partial charge in [-0.25, -0.2) is 0 Å². The molecular weight excluding hydrogens is 266 g/mol. The van der Waals surface area contributed by atoms with Crippen molar-refractivity contribution in [2.45, 2.75) is 25.2 Å². The van der Waals surface area contributed by atoms with Crippen LogP contribution >= 0.6 is 11.6 Å². The molecule has 1 heterocycles. The van der Waals surface area contributed by atoms with Crippen molar-refractivity contribution in [3.63, 3.8) is 0 Å². The van der Waals surface area contributed by atoms with Crippen LogP contribution in [0.2, 0.25) is 5.02 Å². The van der Waals surface area contributed by atoms with E-state index in [-0.39, 0.29) is 12.2 Å². The second-order valence-electron chi connectivity index (χ2n) is 4.84. The Morgan fingerprint density at radius 3 is 2.26 bits per heavy atom. The highest BCUT2D eigenvalue weighted by Crippen LogP contribution is 2.32. The first-order chi connectivity index (χ1) is 9.06. The van der Waals surface area contributed by atoms with Crippen LogP contribution in [0.3, 0.4) is 0 Å². The lowest BCUT2D eigenvalue weighted by atomic mass is 10.1. The maximum Gasteiger partial charge on any atom is 0.102 e. The van der Waals surface area contributed by atoms with E-state index in [0.29, 0.717) is 5.02 Å². The molecule has 0 spiro atoms. The van der Waals surface area contributed by atoms with Crippen LogP contribution in [0.15, 0.2) is 18.2 Å². The van der Waals surface area contributed by atoms with Gasteiger partial charge in [-0.05, 0) is 24.6 Å². The molecule has 1 saturated heterocycles. The number of rotatable bonds is 4. The summed E-state index contributed by atoms with van der Waals surface area (Å²) in [6.45, 7) is 3.23. The van der Waals surface area contributed by atoms with Crippen molar-refractivity contribution in [3.8, 4) is 0 Å². The van der Waals surface area contributed by atoms with Crippen molar-refractivity contribution in [1.29, 1.82) is 0 Å². The number of aliphatic hydroxyl groups excluding tert-OH is 1. The zero-order valence-corrected chi connectivity index (χ0v) is 12.2. The van der Waals surface area contributed by atoms with Gasteiger partial charge in [-0.3, -0.25) is 0 Å². The maximum absolute atomic E-state index is 9.55. The number of halogens is 1. The van der Waals surface area contributed by atoms with Crippen molar-refractivity contribution in [3.05, 3.63) is 28.8 Å². The van der Waals surface area contributed by atoms with Gasteiger partial charge in [-0.2, -0.15) is 0 Å². The summed E-state index contributed by atoms with van der Waals surface area (Å²) in [6.07, 6.45) is -0.404. The Morgan fingerprint density at radius 2 is 1.84 bits per heavy atom. The van der Waals surface area contributed by atoms with Crippen LogP contribution in [0, 0.1) is 0 Å². The summed E-state index contributed by atoms with van der Waals surface area (Å²) in [5.74, 6) is 0. The fourth-order valence-corrected chi connectivity index (χ4v) is 2.74. The van der Waals surface area contributed by atoms with E-state index >= 15 is 0 Å². The van der Waals surface area contributed by atoms with Crippen LogP contribution in [0.25, 0.3) is 0 Å². The standard InChI is InChI=1S/C14H20ClNO3/c1-9(17)10-4-5-12(11(15)6-10)16-7-13(18-2)14(8-16)19-3/h4-6,9,13-14,17H,7-8H2,1-3H3/t9-,13?,14?/m0/s1. The fourth-order valence-electron chi connectivity index (χ4n) is 2.43. The molecule has 1 aromatic carbocycles. The van der Waals surface area contributed by atoms with Gasteiger partial charge in [0, 0.05) is 27.3 Å². The highest BCUT2D eigenvalue weighted by molar-refractivity contribution is 6.33. The Bertz CT molecular complexity index is 427. The minimum atomic E-state index is -0.511. The molecule has 0 radical (unpaired) electrons. The number of methoxy groups -OCH3 is 2. The first-order valence-electron chi connectivity index (χ1n) is 6.35. The average molecular weight is 286 g/mol. The van der Waals surface area contributed by atoms with Gasteiger partial charge in [0.2, 0.25) is 0 Å². The molecule has 4 nitrogen and oxygen atoms in total. The Kier molecular flexibility index (Phi) is 4.68. The molecule has 0 aromatic heterocycles. The third-order valence-corrected chi connectivity index (χ3v) is 3.92. The summed E-state index contributed by atoms with van der Waals surface area (Å²) in [5, 5.41) is 10.2. The van der Waals surface area contributed by atoms with E-state index in [1.165, 1.54) is 0 Å². The molecule has 1 aromatic rings. The Morgan fingerprint density at radius 1 is 1.26 bits per heavy atom. The number of hydrogen-bond donors (Lipinski definition) is 1. The topological polar surface area (TPSA) is 41.9 Å². The highest BCUT2D eigenvalue weighted by Gasteiger charge is 2.33. The summed E-state index contributed by atoms with van der Waals surface area (Å²) >= 11 is 6.30. The summed E-state index contributed by atoms with van der Waals surface area (Å²) < 4.78 is 10.8. The molecule has 1 aliphatic heterocycles. The first kappa shape index (κ1) is 14.6. The first-order valence-corrected chi connectivity index (χ1v) is 6.72. The maximum atomic E-state index is 9.55. The number of anilines is 1. The van der Waals surface area contributed by atoms with Crippen molar-refractivity contribution in [2.75, 3.05) is 32.2 Å². The van der Waals surface area contributed by atoms with Crippen molar-refractivity contribution < 1.29 is 14.6 Å². The van der Waals surface area contributed by atoms with Crippen LogP contribution in [-0.2, 0) is 9.47 Å². The lowest BCUT2D eigenvalue weighted by Crippen LogP contribution is -2.27. The lowest BCUT2D eigenvalue weighted by molar-refractivity contribution is -0.00461.